The fraction of sp³-hybridized carbons (Fsp3) is 0.529. The fourth-order valence-corrected chi connectivity index (χ4v) is 2.39. The summed E-state index contributed by atoms with van der Waals surface area (Å²) < 4.78 is 12.0. The molecule has 0 aliphatic carbocycles. The largest absolute Gasteiger partial charge is 0.492 e. The van der Waals surface area contributed by atoms with Crippen LogP contribution in [0.3, 0.4) is 0 Å². The first-order valence-corrected chi connectivity index (χ1v) is 7.69. The van der Waals surface area contributed by atoms with Crippen LogP contribution in [0, 0.1) is 0 Å². The van der Waals surface area contributed by atoms with Crippen LogP contribution in [0.2, 0.25) is 0 Å². The molecule has 1 aliphatic heterocycles. The summed E-state index contributed by atoms with van der Waals surface area (Å²) >= 11 is 0. The van der Waals surface area contributed by atoms with Gasteiger partial charge in [-0.1, -0.05) is 30.3 Å². The Morgan fingerprint density at radius 2 is 1.86 bits per heavy atom. The van der Waals surface area contributed by atoms with Crippen LogP contribution in [0.4, 0.5) is 0 Å². The normalized spacial score (nSPS) is 20.5. The number of aliphatic hydroxyl groups excluding tert-OH is 1. The number of benzene rings is 1. The third-order valence-electron chi connectivity index (χ3n) is 4.42. The lowest BCUT2D eigenvalue weighted by Gasteiger charge is -2.32. The molecule has 0 saturated carbocycles. The van der Waals surface area contributed by atoms with Crippen molar-refractivity contribution in [3.8, 4) is 0 Å². The van der Waals surface area contributed by atoms with Gasteiger partial charge in [0, 0.05) is 6.54 Å². The van der Waals surface area contributed by atoms with Gasteiger partial charge >= 0.3 is 7.12 Å². The Kier molecular flexibility index (Phi) is 5.12. The maximum absolute atomic E-state index is 9.72. The second kappa shape index (κ2) is 6.55. The third-order valence-corrected chi connectivity index (χ3v) is 4.42. The number of aliphatic hydroxyl groups is 1. The summed E-state index contributed by atoms with van der Waals surface area (Å²) in [7, 11) is 1.41. The van der Waals surface area contributed by atoms with Crippen molar-refractivity contribution >= 4 is 13.2 Å². The van der Waals surface area contributed by atoms with E-state index in [-0.39, 0.29) is 6.61 Å². The lowest BCUT2D eigenvalue weighted by molar-refractivity contribution is 0.00578. The zero-order chi connectivity index (χ0) is 16.4. The monoisotopic (exact) mass is 303 g/mol. The average Bonchev–Trinajstić information content (AvgIpc) is 2.65. The van der Waals surface area contributed by atoms with Crippen LogP contribution in [0.1, 0.15) is 38.8 Å². The highest BCUT2D eigenvalue weighted by Gasteiger charge is 2.52. The van der Waals surface area contributed by atoms with Crippen molar-refractivity contribution < 1.29 is 14.4 Å². The van der Waals surface area contributed by atoms with E-state index in [0.29, 0.717) is 0 Å². The summed E-state index contributed by atoms with van der Waals surface area (Å²) in [5.74, 6) is 0. The van der Waals surface area contributed by atoms with E-state index in [1.165, 1.54) is 5.56 Å². The second-order valence-corrected chi connectivity index (χ2v) is 6.74. The molecule has 1 fully saturated rings. The van der Waals surface area contributed by atoms with E-state index in [1.807, 2.05) is 53.0 Å². The smallest absolute Gasteiger partial charge is 0.400 e. The highest BCUT2D eigenvalue weighted by molar-refractivity contribution is 6.55. The van der Waals surface area contributed by atoms with Crippen LogP contribution in [0.15, 0.2) is 29.7 Å². The Bertz CT molecular complexity index is 539. The second-order valence-electron chi connectivity index (χ2n) is 6.74. The van der Waals surface area contributed by atoms with Crippen molar-refractivity contribution in [3.05, 3.63) is 40.9 Å². The van der Waals surface area contributed by atoms with Crippen LogP contribution in [0.5, 0.6) is 0 Å². The van der Waals surface area contributed by atoms with Gasteiger partial charge in [0.2, 0.25) is 0 Å². The Morgan fingerprint density at radius 1 is 1.23 bits per heavy atom. The van der Waals surface area contributed by atoms with Crippen molar-refractivity contribution in [2.45, 2.75) is 45.4 Å². The summed E-state index contributed by atoms with van der Waals surface area (Å²) in [5, 5.41) is 12.9. The van der Waals surface area contributed by atoms with Gasteiger partial charge in [-0.3, -0.25) is 0 Å². The zero-order valence-electron chi connectivity index (χ0n) is 14.1. The molecule has 0 atom stereocenters. The highest BCUT2D eigenvalue weighted by Crippen LogP contribution is 2.38. The van der Waals surface area contributed by atoms with Crippen LogP contribution >= 0.6 is 0 Å². The first kappa shape index (κ1) is 17.2. The van der Waals surface area contributed by atoms with Gasteiger partial charge in [-0.15, -0.1) is 0 Å². The average molecular weight is 303 g/mol. The minimum atomic E-state index is -0.511. The predicted molar refractivity (Wildman–Crippen MR) is 90.4 cm³/mol. The summed E-state index contributed by atoms with van der Waals surface area (Å²) in [4.78, 5) is 0. The van der Waals surface area contributed by atoms with Crippen molar-refractivity contribution in [2.75, 3.05) is 13.7 Å². The molecule has 5 heteroatoms. The quantitative estimate of drug-likeness (QED) is 0.820. The molecule has 1 aromatic rings. The lowest BCUT2D eigenvalue weighted by Crippen LogP contribution is -2.41. The van der Waals surface area contributed by atoms with E-state index in [1.54, 1.807) is 0 Å². The van der Waals surface area contributed by atoms with E-state index in [0.717, 1.165) is 17.6 Å². The van der Waals surface area contributed by atoms with Crippen molar-refractivity contribution in [1.29, 1.82) is 0 Å². The number of nitrogens with one attached hydrogen (secondary N) is 1. The number of rotatable bonds is 5. The zero-order valence-corrected chi connectivity index (χ0v) is 14.1. The van der Waals surface area contributed by atoms with Crippen molar-refractivity contribution in [1.82, 2.24) is 5.32 Å². The van der Waals surface area contributed by atoms with E-state index in [2.05, 4.69) is 17.4 Å². The molecule has 0 spiro atoms. The Balaban J connectivity index is 2.23. The van der Waals surface area contributed by atoms with Gasteiger partial charge < -0.3 is 19.7 Å². The van der Waals surface area contributed by atoms with E-state index in [4.69, 9.17) is 9.31 Å². The van der Waals surface area contributed by atoms with E-state index >= 15 is 0 Å². The van der Waals surface area contributed by atoms with E-state index in [9.17, 15) is 5.11 Å². The molecule has 1 heterocycles. The minimum absolute atomic E-state index is 0.0902. The number of hydrogen-bond donors (Lipinski definition) is 2. The molecule has 2 N–H and O–H groups in total. The van der Waals surface area contributed by atoms with Gasteiger partial charge in [-0.25, -0.2) is 0 Å². The first-order valence-electron chi connectivity index (χ1n) is 7.69. The molecule has 22 heavy (non-hydrogen) atoms. The maximum Gasteiger partial charge on any atom is 0.492 e. The Morgan fingerprint density at radius 3 is 2.41 bits per heavy atom. The summed E-state index contributed by atoms with van der Waals surface area (Å²) in [6.45, 7) is 8.76. The lowest BCUT2D eigenvalue weighted by atomic mass is 9.77. The van der Waals surface area contributed by atoms with Gasteiger partial charge in [-0.2, -0.15) is 0 Å². The molecule has 0 radical (unpaired) electrons. The molecule has 2 rings (SSSR count). The third kappa shape index (κ3) is 3.61. The summed E-state index contributed by atoms with van der Waals surface area (Å²) in [5.41, 5.74) is 2.16. The molecule has 120 valence electrons. The molecule has 1 aliphatic rings. The van der Waals surface area contributed by atoms with Gasteiger partial charge in [0.15, 0.2) is 0 Å². The van der Waals surface area contributed by atoms with Crippen LogP contribution < -0.4 is 5.32 Å². The molecule has 0 aromatic heterocycles. The Labute approximate surface area is 133 Å². The fourth-order valence-electron chi connectivity index (χ4n) is 2.39. The van der Waals surface area contributed by atoms with Crippen molar-refractivity contribution in [2.24, 2.45) is 0 Å². The summed E-state index contributed by atoms with van der Waals surface area (Å²) in [6.07, 6.45) is 1.95. The predicted octanol–water partition coefficient (Wildman–Crippen LogP) is 2.41. The topological polar surface area (TPSA) is 50.7 Å². The standard InChI is InChI=1S/C17H26BNO3/c1-16(2)17(3,4)22-18(21-16)15(12-20)10-13-7-6-8-14(9-13)11-19-5/h6-10,19-20H,11-12H2,1-5H3. The van der Waals surface area contributed by atoms with Gasteiger partial charge in [-0.05, 0) is 51.3 Å². The molecule has 0 unspecified atom stereocenters. The SMILES string of the molecule is CNCc1cccc(C=C(CO)B2OC(C)(C)C(C)(C)O2)c1. The van der Waals surface area contributed by atoms with Crippen LogP contribution in [-0.2, 0) is 15.9 Å². The molecule has 0 amide bonds. The molecular weight excluding hydrogens is 277 g/mol. The van der Waals surface area contributed by atoms with Gasteiger partial charge in [0.05, 0.1) is 17.8 Å². The van der Waals surface area contributed by atoms with Crippen LogP contribution in [0.25, 0.3) is 6.08 Å². The molecular formula is C17H26BNO3. The molecule has 1 aromatic carbocycles. The Hall–Kier alpha value is -1.14. The van der Waals surface area contributed by atoms with Gasteiger partial charge in [0.25, 0.3) is 0 Å². The maximum atomic E-state index is 9.72. The summed E-state index contributed by atoms with van der Waals surface area (Å²) in [6, 6.07) is 8.19. The van der Waals surface area contributed by atoms with Crippen molar-refractivity contribution in [3.63, 3.8) is 0 Å². The molecule has 4 nitrogen and oxygen atoms in total. The first-order chi connectivity index (χ1) is 10.3. The molecule has 1 saturated heterocycles. The minimum Gasteiger partial charge on any atom is -0.400 e. The number of hydrogen-bond acceptors (Lipinski definition) is 4. The molecule has 0 bridgehead atoms. The highest BCUT2D eigenvalue weighted by atomic mass is 16.7. The van der Waals surface area contributed by atoms with Crippen LogP contribution in [-0.4, -0.2) is 37.1 Å². The van der Waals surface area contributed by atoms with Gasteiger partial charge in [0.1, 0.15) is 0 Å². The van der Waals surface area contributed by atoms with E-state index < -0.39 is 18.3 Å².